The number of rotatable bonds is 1. The quantitative estimate of drug-likeness (QED) is 0.488. The van der Waals surface area contributed by atoms with E-state index in [1.54, 1.807) is 0 Å². The van der Waals surface area contributed by atoms with E-state index >= 15 is 0 Å². The first-order valence-corrected chi connectivity index (χ1v) is 4.47. The molecule has 0 fully saturated rings. The molecule has 0 bridgehead atoms. The standard InChI is InChI=1S/C8H7FINO2/c1-13-8(12)4-2-7(11)6(10)3-5(4)9/h2-3H,11H2,1H3. The zero-order chi connectivity index (χ0) is 10.0. The molecule has 0 saturated heterocycles. The molecular weight excluding hydrogens is 288 g/mol. The van der Waals surface area contributed by atoms with Gasteiger partial charge < -0.3 is 10.5 Å². The van der Waals surface area contributed by atoms with Gasteiger partial charge in [0.15, 0.2) is 0 Å². The zero-order valence-electron chi connectivity index (χ0n) is 6.80. The number of ether oxygens (including phenoxy) is 1. The fourth-order valence-electron chi connectivity index (χ4n) is 0.832. The Balaban J connectivity index is 3.23. The summed E-state index contributed by atoms with van der Waals surface area (Å²) in [7, 11) is 1.19. The van der Waals surface area contributed by atoms with Gasteiger partial charge in [-0.15, -0.1) is 0 Å². The maximum atomic E-state index is 13.1. The van der Waals surface area contributed by atoms with Crippen molar-refractivity contribution in [3.63, 3.8) is 0 Å². The van der Waals surface area contributed by atoms with E-state index in [-0.39, 0.29) is 5.56 Å². The molecule has 0 unspecified atom stereocenters. The predicted molar refractivity (Wildman–Crippen MR) is 54.9 cm³/mol. The summed E-state index contributed by atoms with van der Waals surface area (Å²) >= 11 is 1.89. The molecule has 2 N–H and O–H groups in total. The first-order valence-electron chi connectivity index (χ1n) is 3.39. The minimum absolute atomic E-state index is 0.139. The van der Waals surface area contributed by atoms with Crippen molar-refractivity contribution in [3.05, 3.63) is 27.1 Å². The Kier molecular flexibility index (Phi) is 3.07. The Morgan fingerprint density at radius 2 is 2.23 bits per heavy atom. The van der Waals surface area contributed by atoms with Crippen LogP contribution in [0.2, 0.25) is 0 Å². The Morgan fingerprint density at radius 1 is 1.62 bits per heavy atom. The van der Waals surface area contributed by atoms with E-state index in [1.807, 2.05) is 22.6 Å². The number of methoxy groups -OCH3 is 1. The fraction of sp³-hybridized carbons (Fsp3) is 0.125. The van der Waals surface area contributed by atoms with E-state index in [0.29, 0.717) is 9.26 Å². The molecule has 3 nitrogen and oxygen atoms in total. The molecule has 0 aliphatic rings. The summed E-state index contributed by atoms with van der Waals surface area (Å²) in [4.78, 5) is 11.0. The highest BCUT2D eigenvalue weighted by molar-refractivity contribution is 14.1. The third-order valence-corrected chi connectivity index (χ3v) is 2.43. The molecule has 0 aliphatic heterocycles. The molecule has 1 aromatic rings. The third-order valence-electron chi connectivity index (χ3n) is 1.49. The van der Waals surface area contributed by atoms with Gasteiger partial charge in [0.1, 0.15) is 5.82 Å². The first-order chi connectivity index (χ1) is 6.06. The van der Waals surface area contributed by atoms with Gasteiger partial charge >= 0.3 is 5.97 Å². The number of nitrogens with two attached hydrogens (primary N) is 1. The minimum atomic E-state index is -0.722. The van der Waals surface area contributed by atoms with Crippen LogP contribution in [0.15, 0.2) is 12.1 Å². The Hall–Kier alpha value is -0.850. The number of hydrogen-bond donors (Lipinski definition) is 1. The first kappa shape index (κ1) is 10.2. The van der Waals surface area contributed by atoms with E-state index in [9.17, 15) is 9.18 Å². The lowest BCUT2D eigenvalue weighted by atomic mass is 10.2. The highest BCUT2D eigenvalue weighted by Crippen LogP contribution is 2.20. The van der Waals surface area contributed by atoms with E-state index in [0.717, 1.165) is 0 Å². The summed E-state index contributed by atoms with van der Waals surface area (Å²) in [6, 6.07) is 2.46. The van der Waals surface area contributed by atoms with Gasteiger partial charge in [0.25, 0.3) is 0 Å². The molecule has 0 amide bonds. The summed E-state index contributed by atoms with van der Waals surface area (Å²) in [5, 5.41) is 0. The van der Waals surface area contributed by atoms with Crippen LogP contribution >= 0.6 is 22.6 Å². The van der Waals surface area contributed by atoms with Crippen LogP contribution in [0.25, 0.3) is 0 Å². The van der Waals surface area contributed by atoms with Crippen molar-refractivity contribution in [3.8, 4) is 0 Å². The van der Waals surface area contributed by atoms with Crippen LogP contribution in [0.3, 0.4) is 0 Å². The van der Waals surface area contributed by atoms with Crippen LogP contribution in [0, 0.1) is 9.39 Å². The Morgan fingerprint density at radius 3 is 2.77 bits per heavy atom. The summed E-state index contributed by atoms with van der Waals surface area (Å²) in [6.45, 7) is 0. The number of esters is 1. The third kappa shape index (κ3) is 2.09. The zero-order valence-corrected chi connectivity index (χ0v) is 8.96. The monoisotopic (exact) mass is 295 g/mol. The van der Waals surface area contributed by atoms with Crippen LogP contribution < -0.4 is 5.73 Å². The van der Waals surface area contributed by atoms with Crippen LogP contribution in [-0.4, -0.2) is 13.1 Å². The van der Waals surface area contributed by atoms with Gasteiger partial charge in [-0.3, -0.25) is 0 Å². The molecule has 0 radical (unpaired) electrons. The molecule has 13 heavy (non-hydrogen) atoms. The van der Waals surface area contributed by atoms with Gasteiger partial charge in [-0.2, -0.15) is 0 Å². The van der Waals surface area contributed by atoms with Crippen LogP contribution in [-0.2, 0) is 4.74 Å². The second-order valence-corrected chi connectivity index (χ2v) is 3.51. The second-order valence-electron chi connectivity index (χ2n) is 2.35. The maximum absolute atomic E-state index is 13.1. The summed E-state index contributed by atoms with van der Waals surface area (Å²) in [5.74, 6) is -1.34. The highest BCUT2D eigenvalue weighted by atomic mass is 127. The molecule has 5 heteroatoms. The average molecular weight is 295 g/mol. The maximum Gasteiger partial charge on any atom is 0.340 e. The van der Waals surface area contributed by atoms with E-state index in [2.05, 4.69) is 4.74 Å². The van der Waals surface area contributed by atoms with E-state index < -0.39 is 11.8 Å². The predicted octanol–water partition coefficient (Wildman–Crippen LogP) is 1.80. The highest BCUT2D eigenvalue weighted by Gasteiger charge is 2.13. The molecule has 1 rings (SSSR count). The van der Waals surface area contributed by atoms with Crippen LogP contribution in [0.1, 0.15) is 10.4 Å². The number of nitrogen functional groups attached to an aromatic ring is 1. The van der Waals surface area contributed by atoms with Crippen molar-refractivity contribution < 1.29 is 13.9 Å². The summed E-state index contributed by atoms with van der Waals surface area (Å²) in [6.07, 6.45) is 0. The number of anilines is 1. The van der Waals surface area contributed by atoms with Crippen molar-refractivity contribution >= 4 is 34.2 Å². The minimum Gasteiger partial charge on any atom is -0.465 e. The lowest BCUT2D eigenvalue weighted by Gasteiger charge is -2.03. The number of halogens is 2. The fourth-order valence-corrected chi connectivity index (χ4v) is 1.26. The van der Waals surface area contributed by atoms with E-state index in [1.165, 1.54) is 19.2 Å². The Labute approximate surface area is 88.2 Å². The smallest absolute Gasteiger partial charge is 0.340 e. The molecule has 0 spiro atoms. The number of hydrogen-bond acceptors (Lipinski definition) is 3. The van der Waals surface area contributed by atoms with Gasteiger partial charge in [-0.25, -0.2) is 9.18 Å². The molecule has 0 atom stereocenters. The SMILES string of the molecule is COC(=O)c1cc(N)c(I)cc1F. The van der Waals surface area contributed by atoms with Gasteiger partial charge in [-0.1, -0.05) is 0 Å². The van der Waals surface area contributed by atoms with Gasteiger partial charge in [0.05, 0.1) is 12.7 Å². The van der Waals surface area contributed by atoms with E-state index in [4.69, 9.17) is 5.73 Å². The largest absolute Gasteiger partial charge is 0.465 e. The van der Waals surface area contributed by atoms with Gasteiger partial charge in [-0.05, 0) is 34.7 Å². The van der Waals surface area contributed by atoms with Crippen molar-refractivity contribution in [2.75, 3.05) is 12.8 Å². The van der Waals surface area contributed by atoms with Crippen molar-refractivity contribution in [2.24, 2.45) is 0 Å². The van der Waals surface area contributed by atoms with Crippen molar-refractivity contribution in [1.82, 2.24) is 0 Å². The van der Waals surface area contributed by atoms with Crippen molar-refractivity contribution in [2.45, 2.75) is 0 Å². The number of carbonyl (C=O) groups is 1. The molecule has 0 heterocycles. The second kappa shape index (κ2) is 3.91. The van der Waals surface area contributed by atoms with Gasteiger partial charge in [0, 0.05) is 9.26 Å². The molecular formula is C8H7FINO2. The number of benzene rings is 1. The Bertz CT molecular complexity index is 354. The number of carbonyl (C=O) groups excluding carboxylic acids is 1. The lowest BCUT2D eigenvalue weighted by Crippen LogP contribution is -2.06. The lowest BCUT2D eigenvalue weighted by molar-refractivity contribution is 0.0595. The molecule has 0 saturated carbocycles. The van der Waals surface area contributed by atoms with Gasteiger partial charge in [0.2, 0.25) is 0 Å². The van der Waals surface area contributed by atoms with Crippen molar-refractivity contribution in [1.29, 1.82) is 0 Å². The van der Waals surface area contributed by atoms with Crippen LogP contribution in [0.5, 0.6) is 0 Å². The molecule has 0 aromatic heterocycles. The summed E-state index contributed by atoms with van der Waals surface area (Å²) < 4.78 is 18.1. The molecule has 0 aliphatic carbocycles. The molecule has 1 aromatic carbocycles. The van der Waals surface area contributed by atoms with Crippen LogP contribution in [0.4, 0.5) is 10.1 Å². The normalized spacial score (nSPS) is 9.77. The average Bonchev–Trinajstić information content (AvgIpc) is 2.10. The topological polar surface area (TPSA) is 52.3 Å². The molecule has 70 valence electrons. The summed E-state index contributed by atoms with van der Waals surface area (Å²) in [5.41, 5.74) is 5.72.